The first-order chi connectivity index (χ1) is 9.78. The summed E-state index contributed by atoms with van der Waals surface area (Å²) in [6, 6.07) is 10.3. The van der Waals surface area contributed by atoms with Crippen LogP contribution < -0.4 is 10.5 Å². The van der Waals surface area contributed by atoms with Gasteiger partial charge in [-0.15, -0.1) is 0 Å². The van der Waals surface area contributed by atoms with Gasteiger partial charge in [0, 0.05) is 17.0 Å². The number of aromatic nitrogens is 1. The Labute approximate surface area is 120 Å². The second-order valence-electron chi connectivity index (χ2n) is 5.72. The van der Waals surface area contributed by atoms with Gasteiger partial charge in [-0.05, 0) is 44.9 Å². The third kappa shape index (κ3) is 2.63. The van der Waals surface area contributed by atoms with Crippen LogP contribution in [0.1, 0.15) is 31.4 Å². The SMILES string of the molecule is Cc1ccc2cccc(OC3CCCCC3CN)c2n1. The first-order valence-electron chi connectivity index (χ1n) is 7.51. The zero-order valence-electron chi connectivity index (χ0n) is 12.0. The molecule has 3 nitrogen and oxygen atoms in total. The van der Waals surface area contributed by atoms with Crippen LogP contribution in [-0.2, 0) is 0 Å². The van der Waals surface area contributed by atoms with Gasteiger partial charge >= 0.3 is 0 Å². The molecular formula is C17H22N2O. The summed E-state index contributed by atoms with van der Waals surface area (Å²) >= 11 is 0. The lowest BCUT2D eigenvalue weighted by molar-refractivity contribution is 0.0984. The predicted octanol–water partition coefficient (Wildman–Crippen LogP) is 3.44. The Kier molecular flexibility index (Phi) is 3.88. The summed E-state index contributed by atoms with van der Waals surface area (Å²) in [4.78, 5) is 4.64. The molecule has 2 aromatic rings. The van der Waals surface area contributed by atoms with E-state index in [0.717, 1.165) is 28.8 Å². The van der Waals surface area contributed by atoms with Crippen molar-refractivity contribution in [2.24, 2.45) is 11.7 Å². The molecule has 1 aliphatic carbocycles. The molecule has 1 aromatic carbocycles. The molecule has 20 heavy (non-hydrogen) atoms. The van der Waals surface area contributed by atoms with E-state index in [1.807, 2.05) is 25.1 Å². The number of pyridine rings is 1. The van der Waals surface area contributed by atoms with Crippen LogP contribution >= 0.6 is 0 Å². The molecule has 1 aliphatic rings. The maximum absolute atomic E-state index is 6.28. The fourth-order valence-corrected chi connectivity index (χ4v) is 3.07. The molecule has 3 heteroatoms. The fraction of sp³-hybridized carbons (Fsp3) is 0.471. The van der Waals surface area contributed by atoms with Gasteiger partial charge < -0.3 is 10.5 Å². The average Bonchev–Trinajstić information content (AvgIpc) is 2.48. The molecule has 3 rings (SSSR count). The monoisotopic (exact) mass is 270 g/mol. The zero-order chi connectivity index (χ0) is 13.9. The molecule has 1 fully saturated rings. The van der Waals surface area contributed by atoms with Gasteiger partial charge in [-0.25, -0.2) is 4.98 Å². The van der Waals surface area contributed by atoms with Crippen LogP contribution in [0.5, 0.6) is 5.75 Å². The molecular weight excluding hydrogens is 248 g/mol. The highest BCUT2D eigenvalue weighted by atomic mass is 16.5. The highest BCUT2D eigenvalue weighted by molar-refractivity contribution is 5.84. The van der Waals surface area contributed by atoms with Gasteiger partial charge in [0.25, 0.3) is 0 Å². The van der Waals surface area contributed by atoms with E-state index in [0.29, 0.717) is 12.5 Å². The normalized spacial score (nSPS) is 22.9. The molecule has 0 amide bonds. The molecule has 0 saturated heterocycles. The topological polar surface area (TPSA) is 48.1 Å². The fourth-order valence-electron chi connectivity index (χ4n) is 3.07. The summed E-state index contributed by atoms with van der Waals surface area (Å²) in [7, 11) is 0. The Morgan fingerprint density at radius 2 is 2.05 bits per heavy atom. The van der Waals surface area contributed by atoms with Crippen molar-refractivity contribution in [3.63, 3.8) is 0 Å². The minimum Gasteiger partial charge on any atom is -0.488 e. The molecule has 0 aliphatic heterocycles. The van der Waals surface area contributed by atoms with Crippen molar-refractivity contribution in [1.29, 1.82) is 0 Å². The van der Waals surface area contributed by atoms with E-state index in [-0.39, 0.29) is 6.10 Å². The standard InChI is InChI=1S/C17H22N2O/c1-12-9-10-13-6-4-8-16(17(13)19-12)20-15-7-3-2-5-14(15)11-18/h4,6,8-10,14-15H,2-3,5,7,11,18H2,1H3. The molecule has 1 saturated carbocycles. The van der Waals surface area contributed by atoms with Crippen LogP contribution in [-0.4, -0.2) is 17.6 Å². The number of rotatable bonds is 3. The van der Waals surface area contributed by atoms with Crippen molar-refractivity contribution in [2.75, 3.05) is 6.54 Å². The molecule has 1 heterocycles. The van der Waals surface area contributed by atoms with Crippen molar-refractivity contribution in [3.8, 4) is 5.75 Å². The minimum atomic E-state index is 0.238. The molecule has 106 valence electrons. The largest absolute Gasteiger partial charge is 0.488 e. The Morgan fingerprint density at radius 3 is 2.90 bits per heavy atom. The van der Waals surface area contributed by atoms with Gasteiger partial charge in [-0.2, -0.15) is 0 Å². The van der Waals surface area contributed by atoms with E-state index >= 15 is 0 Å². The summed E-state index contributed by atoms with van der Waals surface area (Å²) < 4.78 is 6.28. The maximum Gasteiger partial charge on any atom is 0.145 e. The van der Waals surface area contributed by atoms with Crippen molar-refractivity contribution in [3.05, 3.63) is 36.0 Å². The van der Waals surface area contributed by atoms with E-state index in [2.05, 4.69) is 17.1 Å². The summed E-state index contributed by atoms with van der Waals surface area (Å²) in [6.07, 6.45) is 5.02. The molecule has 2 unspecified atom stereocenters. The number of fused-ring (bicyclic) bond motifs is 1. The Hall–Kier alpha value is -1.61. The first-order valence-corrected chi connectivity index (χ1v) is 7.51. The third-order valence-electron chi connectivity index (χ3n) is 4.24. The number of nitrogens with zero attached hydrogens (tertiary/aromatic N) is 1. The molecule has 1 aromatic heterocycles. The lowest BCUT2D eigenvalue weighted by Crippen LogP contribution is -2.35. The minimum absolute atomic E-state index is 0.238. The van der Waals surface area contributed by atoms with Crippen LogP contribution in [0, 0.1) is 12.8 Å². The summed E-state index contributed by atoms with van der Waals surface area (Å²) in [6.45, 7) is 2.72. The van der Waals surface area contributed by atoms with Gasteiger partial charge in [0.05, 0.1) is 0 Å². The number of aryl methyl sites for hydroxylation is 1. The lowest BCUT2D eigenvalue weighted by atomic mass is 9.86. The Morgan fingerprint density at radius 1 is 1.20 bits per heavy atom. The molecule has 2 N–H and O–H groups in total. The number of benzene rings is 1. The second-order valence-corrected chi connectivity index (χ2v) is 5.72. The van der Waals surface area contributed by atoms with E-state index in [1.165, 1.54) is 19.3 Å². The zero-order valence-corrected chi connectivity index (χ0v) is 12.0. The number of para-hydroxylation sites is 1. The van der Waals surface area contributed by atoms with Crippen molar-refractivity contribution < 1.29 is 4.74 Å². The summed E-state index contributed by atoms with van der Waals surface area (Å²) in [5.74, 6) is 1.38. The molecule has 0 radical (unpaired) electrons. The van der Waals surface area contributed by atoms with Crippen molar-refractivity contribution in [1.82, 2.24) is 4.98 Å². The van der Waals surface area contributed by atoms with Crippen LogP contribution in [0.3, 0.4) is 0 Å². The van der Waals surface area contributed by atoms with Crippen LogP contribution in [0.15, 0.2) is 30.3 Å². The van der Waals surface area contributed by atoms with Crippen LogP contribution in [0.4, 0.5) is 0 Å². The van der Waals surface area contributed by atoms with Crippen molar-refractivity contribution in [2.45, 2.75) is 38.7 Å². The quantitative estimate of drug-likeness (QED) is 0.929. The number of hydrogen-bond acceptors (Lipinski definition) is 3. The third-order valence-corrected chi connectivity index (χ3v) is 4.24. The molecule has 2 atom stereocenters. The Balaban J connectivity index is 1.91. The van der Waals surface area contributed by atoms with Gasteiger partial charge in [0.15, 0.2) is 0 Å². The van der Waals surface area contributed by atoms with Gasteiger partial charge in [-0.1, -0.05) is 24.6 Å². The maximum atomic E-state index is 6.28. The Bertz CT molecular complexity index is 597. The van der Waals surface area contributed by atoms with Gasteiger partial charge in [0.2, 0.25) is 0 Å². The number of ether oxygens (including phenoxy) is 1. The summed E-state index contributed by atoms with van der Waals surface area (Å²) in [5, 5.41) is 1.13. The van der Waals surface area contributed by atoms with E-state index in [9.17, 15) is 0 Å². The van der Waals surface area contributed by atoms with Crippen molar-refractivity contribution >= 4 is 10.9 Å². The number of nitrogens with two attached hydrogens (primary N) is 1. The first kappa shape index (κ1) is 13.4. The summed E-state index contributed by atoms with van der Waals surface area (Å²) in [5.41, 5.74) is 7.88. The van der Waals surface area contributed by atoms with Gasteiger partial charge in [0.1, 0.15) is 17.4 Å². The van der Waals surface area contributed by atoms with Gasteiger partial charge in [-0.3, -0.25) is 0 Å². The lowest BCUT2D eigenvalue weighted by Gasteiger charge is -2.31. The highest BCUT2D eigenvalue weighted by Gasteiger charge is 2.26. The van der Waals surface area contributed by atoms with E-state index in [1.54, 1.807) is 0 Å². The van der Waals surface area contributed by atoms with E-state index in [4.69, 9.17) is 10.5 Å². The predicted molar refractivity (Wildman–Crippen MR) is 81.9 cm³/mol. The smallest absolute Gasteiger partial charge is 0.145 e. The second kappa shape index (κ2) is 5.80. The average molecular weight is 270 g/mol. The molecule has 0 bridgehead atoms. The highest BCUT2D eigenvalue weighted by Crippen LogP contribution is 2.31. The number of hydrogen-bond donors (Lipinski definition) is 1. The van der Waals surface area contributed by atoms with Crippen LogP contribution in [0.2, 0.25) is 0 Å². The molecule has 0 spiro atoms. The van der Waals surface area contributed by atoms with E-state index < -0.39 is 0 Å². The van der Waals surface area contributed by atoms with Crippen LogP contribution in [0.25, 0.3) is 10.9 Å².